The zero-order valence-electron chi connectivity index (χ0n) is 5.90. The smallest absolute Gasteiger partial charge is 0.161 e. The van der Waals surface area contributed by atoms with Gasteiger partial charge in [-0.3, -0.25) is 4.79 Å². The Hall–Kier alpha value is -0.590. The van der Waals surface area contributed by atoms with Crippen molar-refractivity contribution >= 4 is 5.78 Å². The van der Waals surface area contributed by atoms with Gasteiger partial charge in [0.15, 0.2) is 5.78 Å². The molecule has 1 rings (SSSR count). The van der Waals surface area contributed by atoms with E-state index in [-0.39, 0.29) is 11.2 Å². The van der Waals surface area contributed by atoms with Crippen molar-refractivity contribution in [1.29, 1.82) is 0 Å². The van der Waals surface area contributed by atoms with Gasteiger partial charge >= 0.3 is 0 Å². The lowest BCUT2D eigenvalue weighted by Gasteiger charge is -2.22. The van der Waals surface area contributed by atoms with E-state index in [1.165, 1.54) is 0 Å². The average Bonchev–Trinajstić information content (AvgIpc) is 1.77. The molecule has 0 atom stereocenters. The predicted octanol–water partition coefficient (Wildman–Crippen LogP) is 1.73. The lowest BCUT2D eigenvalue weighted by Crippen LogP contribution is -2.24. The van der Waals surface area contributed by atoms with Crippen LogP contribution in [0.25, 0.3) is 0 Å². The standard InChI is InChI=1S/C8H11O/c1-8(2)6-4-3-5-7(8)9/h5H,4,6H2,1-2H3. The number of carbonyl (C=O) groups excluding carboxylic acids is 1. The summed E-state index contributed by atoms with van der Waals surface area (Å²) in [5, 5.41) is 0. The molecule has 0 N–H and O–H groups in total. The fraction of sp³-hybridized carbons (Fsp3) is 0.625. The summed E-state index contributed by atoms with van der Waals surface area (Å²) in [4.78, 5) is 11.0. The summed E-state index contributed by atoms with van der Waals surface area (Å²) in [6.07, 6.45) is 6.36. The van der Waals surface area contributed by atoms with E-state index in [0.29, 0.717) is 0 Å². The lowest BCUT2D eigenvalue weighted by atomic mass is 9.80. The summed E-state index contributed by atoms with van der Waals surface area (Å²) >= 11 is 0. The molecule has 1 aliphatic rings. The van der Waals surface area contributed by atoms with Crippen LogP contribution in [0.3, 0.4) is 0 Å². The number of rotatable bonds is 0. The van der Waals surface area contributed by atoms with E-state index in [0.717, 1.165) is 12.8 Å². The Morgan fingerprint density at radius 2 is 2.33 bits per heavy atom. The van der Waals surface area contributed by atoms with E-state index in [1.807, 2.05) is 13.8 Å². The van der Waals surface area contributed by atoms with Crippen molar-refractivity contribution < 1.29 is 4.79 Å². The summed E-state index contributed by atoms with van der Waals surface area (Å²) < 4.78 is 0. The molecule has 0 aromatic heterocycles. The third-order valence-electron chi connectivity index (χ3n) is 1.79. The molecule has 0 fully saturated rings. The SMILES string of the molecule is CC1(C)CC[C]=CC1=O. The molecule has 0 heterocycles. The molecule has 0 saturated heterocycles. The van der Waals surface area contributed by atoms with Crippen LogP contribution < -0.4 is 0 Å². The fourth-order valence-electron chi connectivity index (χ4n) is 0.868. The Kier molecular flexibility index (Phi) is 1.43. The molecular weight excluding hydrogens is 112 g/mol. The van der Waals surface area contributed by atoms with Gasteiger partial charge in [-0.25, -0.2) is 0 Å². The minimum atomic E-state index is -0.120. The van der Waals surface area contributed by atoms with Crippen LogP contribution >= 0.6 is 0 Å². The van der Waals surface area contributed by atoms with E-state index in [1.54, 1.807) is 6.08 Å². The van der Waals surface area contributed by atoms with Crippen LogP contribution in [0.2, 0.25) is 0 Å². The second kappa shape index (κ2) is 1.98. The molecule has 0 spiro atoms. The molecule has 0 saturated carbocycles. The van der Waals surface area contributed by atoms with Crippen LogP contribution in [0, 0.1) is 11.5 Å². The van der Waals surface area contributed by atoms with Gasteiger partial charge < -0.3 is 0 Å². The second-order valence-corrected chi connectivity index (χ2v) is 3.10. The van der Waals surface area contributed by atoms with Crippen molar-refractivity contribution in [2.24, 2.45) is 5.41 Å². The minimum Gasteiger partial charge on any atom is -0.294 e. The average molecular weight is 123 g/mol. The highest BCUT2D eigenvalue weighted by molar-refractivity contribution is 5.94. The third-order valence-corrected chi connectivity index (χ3v) is 1.79. The van der Waals surface area contributed by atoms with Crippen LogP contribution in [-0.4, -0.2) is 5.78 Å². The predicted molar refractivity (Wildman–Crippen MR) is 35.8 cm³/mol. The maximum atomic E-state index is 11.0. The van der Waals surface area contributed by atoms with Crippen LogP contribution in [-0.2, 0) is 4.79 Å². The summed E-state index contributed by atoms with van der Waals surface area (Å²) in [6, 6.07) is 0. The zero-order valence-corrected chi connectivity index (χ0v) is 5.90. The first-order valence-electron chi connectivity index (χ1n) is 3.24. The minimum absolute atomic E-state index is 0.120. The Labute approximate surface area is 55.8 Å². The van der Waals surface area contributed by atoms with Crippen LogP contribution in [0.5, 0.6) is 0 Å². The molecule has 1 nitrogen and oxygen atoms in total. The summed E-state index contributed by atoms with van der Waals surface area (Å²) in [6.45, 7) is 3.96. The molecule has 0 amide bonds. The monoisotopic (exact) mass is 123 g/mol. The van der Waals surface area contributed by atoms with Crippen LogP contribution in [0.4, 0.5) is 0 Å². The van der Waals surface area contributed by atoms with Gasteiger partial charge in [0.05, 0.1) is 0 Å². The molecule has 1 radical (unpaired) electrons. The Balaban J connectivity index is 2.78. The van der Waals surface area contributed by atoms with Gasteiger partial charge in [-0.05, 0) is 25.0 Å². The highest BCUT2D eigenvalue weighted by Gasteiger charge is 2.26. The van der Waals surface area contributed by atoms with E-state index in [2.05, 4.69) is 6.08 Å². The molecule has 0 aromatic rings. The topological polar surface area (TPSA) is 17.1 Å². The summed E-state index contributed by atoms with van der Waals surface area (Å²) in [5.74, 6) is 0.216. The fourth-order valence-corrected chi connectivity index (χ4v) is 0.868. The lowest BCUT2D eigenvalue weighted by molar-refractivity contribution is -0.123. The van der Waals surface area contributed by atoms with Crippen LogP contribution in [0.15, 0.2) is 6.08 Å². The normalized spacial score (nSPS) is 24.4. The highest BCUT2D eigenvalue weighted by atomic mass is 16.1. The number of allylic oxidation sites excluding steroid dienone is 2. The maximum absolute atomic E-state index is 11.0. The van der Waals surface area contributed by atoms with Gasteiger partial charge in [0.1, 0.15) is 0 Å². The number of carbonyl (C=O) groups is 1. The second-order valence-electron chi connectivity index (χ2n) is 3.10. The van der Waals surface area contributed by atoms with Crippen molar-refractivity contribution in [2.45, 2.75) is 26.7 Å². The first-order valence-corrected chi connectivity index (χ1v) is 3.24. The Morgan fingerprint density at radius 3 is 2.67 bits per heavy atom. The van der Waals surface area contributed by atoms with Crippen LogP contribution in [0.1, 0.15) is 26.7 Å². The van der Waals surface area contributed by atoms with Gasteiger partial charge in [-0.1, -0.05) is 13.8 Å². The van der Waals surface area contributed by atoms with Crippen molar-refractivity contribution in [2.75, 3.05) is 0 Å². The number of ketones is 1. The Bertz CT molecular complexity index is 154. The van der Waals surface area contributed by atoms with Gasteiger partial charge in [-0.2, -0.15) is 0 Å². The summed E-state index contributed by atoms with van der Waals surface area (Å²) in [5.41, 5.74) is -0.120. The summed E-state index contributed by atoms with van der Waals surface area (Å²) in [7, 11) is 0. The van der Waals surface area contributed by atoms with E-state index >= 15 is 0 Å². The largest absolute Gasteiger partial charge is 0.294 e. The molecule has 49 valence electrons. The van der Waals surface area contributed by atoms with E-state index < -0.39 is 0 Å². The van der Waals surface area contributed by atoms with Gasteiger partial charge in [0.25, 0.3) is 0 Å². The molecule has 1 heteroatoms. The molecule has 0 aliphatic heterocycles. The van der Waals surface area contributed by atoms with Gasteiger partial charge in [-0.15, -0.1) is 0 Å². The maximum Gasteiger partial charge on any atom is 0.161 e. The van der Waals surface area contributed by atoms with Gasteiger partial charge in [0.2, 0.25) is 0 Å². The molecule has 0 aromatic carbocycles. The highest BCUT2D eigenvalue weighted by Crippen LogP contribution is 2.27. The van der Waals surface area contributed by atoms with Crippen molar-refractivity contribution in [1.82, 2.24) is 0 Å². The first-order chi connectivity index (χ1) is 4.13. The number of hydrogen-bond acceptors (Lipinski definition) is 1. The molecule has 9 heavy (non-hydrogen) atoms. The third kappa shape index (κ3) is 1.21. The van der Waals surface area contributed by atoms with Crippen molar-refractivity contribution in [3.63, 3.8) is 0 Å². The van der Waals surface area contributed by atoms with Crippen molar-refractivity contribution in [3.8, 4) is 0 Å². The van der Waals surface area contributed by atoms with E-state index in [9.17, 15) is 4.79 Å². The first kappa shape index (κ1) is 6.53. The molecular formula is C8H11O. The molecule has 0 unspecified atom stereocenters. The quantitative estimate of drug-likeness (QED) is 0.479. The number of hydrogen-bond donors (Lipinski definition) is 0. The van der Waals surface area contributed by atoms with Crippen molar-refractivity contribution in [3.05, 3.63) is 12.2 Å². The van der Waals surface area contributed by atoms with E-state index in [4.69, 9.17) is 0 Å². The molecule has 0 bridgehead atoms. The zero-order chi connectivity index (χ0) is 6.91. The molecule has 1 aliphatic carbocycles. The van der Waals surface area contributed by atoms with Gasteiger partial charge in [0, 0.05) is 5.41 Å². The Morgan fingerprint density at radius 1 is 1.67 bits per heavy atom.